The molecule has 1 fully saturated rings. The van der Waals surface area contributed by atoms with E-state index in [0.717, 1.165) is 35.2 Å². The van der Waals surface area contributed by atoms with Crippen LogP contribution >= 0.6 is 23.2 Å². The summed E-state index contributed by atoms with van der Waals surface area (Å²) in [6.07, 6.45) is 3.69. The van der Waals surface area contributed by atoms with Gasteiger partial charge in [-0.1, -0.05) is 62.2 Å². The lowest BCUT2D eigenvalue weighted by molar-refractivity contribution is 0.0780. The summed E-state index contributed by atoms with van der Waals surface area (Å²) in [6, 6.07) is 13.4. The molecule has 8 nitrogen and oxygen atoms in total. The van der Waals surface area contributed by atoms with Gasteiger partial charge in [-0.15, -0.1) is 5.53 Å². The number of nitriles is 1. The normalized spacial score (nSPS) is 17.0. The summed E-state index contributed by atoms with van der Waals surface area (Å²) in [5.74, 6) is 0.695. The Morgan fingerprint density at radius 2 is 1.95 bits per heavy atom. The van der Waals surface area contributed by atoms with Crippen molar-refractivity contribution in [3.05, 3.63) is 75.3 Å². The largest absolute Gasteiger partial charge is 0.480 e. The lowest BCUT2D eigenvalue weighted by Crippen LogP contribution is -2.45. The van der Waals surface area contributed by atoms with Crippen molar-refractivity contribution in [1.82, 2.24) is 21.0 Å². The number of hydrogen-bond donors (Lipinski definition) is 4. The van der Waals surface area contributed by atoms with Gasteiger partial charge in [0.25, 0.3) is 0 Å². The van der Waals surface area contributed by atoms with E-state index >= 15 is 0 Å². The van der Waals surface area contributed by atoms with Crippen LogP contribution in [0, 0.1) is 16.7 Å². The fourth-order valence-electron chi connectivity index (χ4n) is 4.68. The molecule has 204 valence electrons. The van der Waals surface area contributed by atoms with Crippen molar-refractivity contribution in [1.29, 1.82) is 5.26 Å². The van der Waals surface area contributed by atoms with Crippen LogP contribution in [-0.4, -0.2) is 29.2 Å². The third kappa shape index (κ3) is 5.40. The van der Waals surface area contributed by atoms with Gasteiger partial charge in [0.05, 0.1) is 40.5 Å². The summed E-state index contributed by atoms with van der Waals surface area (Å²) >= 11 is 13.5. The summed E-state index contributed by atoms with van der Waals surface area (Å²) in [5.41, 5.74) is 10.8. The van der Waals surface area contributed by atoms with E-state index in [4.69, 9.17) is 27.9 Å². The molecule has 1 aromatic heterocycles. The molecule has 39 heavy (non-hydrogen) atoms. The number of methoxy groups -OCH3 is 1. The van der Waals surface area contributed by atoms with Crippen molar-refractivity contribution in [2.24, 2.45) is 5.41 Å². The Labute approximate surface area is 239 Å². The standard InChI is InChI=1S/C29H33Cl2N7O/c1-28(2,3)16-34-23-17(14-32)15-33-24-20(23)12-18(13-22(24)31)35-25(19-8-6-7-9-21(19)30)26-27(39-5)38(37-36-26)29(4)10-11-29/h6-9,12-13,15,25,35-37H,10-11,16H2,1-5H3,(H,33,34)/t25-/m0/s1. The lowest BCUT2D eigenvalue weighted by atomic mass is 9.96. The Morgan fingerprint density at radius 3 is 2.59 bits per heavy atom. The van der Waals surface area contributed by atoms with E-state index in [-0.39, 0.29) is 11.0 Å². The minimum atomic E-state index is -0.403. The molecule has 1 saturated carbocycles. The van der Waals surface area contributed by atoms with Gasteiger partial charge in [0.1, 0.15) is 11.8 Å². The van der Waals surface area contributed by atoms with E-state index in [9.17, 15) is 5.26 Å². The molecule has 3 aromatic rings. The number of rotatable bonds is 8. The number of hydrogen-bond acceptors (Lipinski definition) is 8. The number of ether oxygens (including phenoxy) is 1. The number of anilines is 2. The monoisotopic (exact) mass is 565 g/mol. The fourth-order valence-corrected chi connectivity index (χ4v) is 5.19. The highest BCUT2D eigenvalue weighted by atomic mass is 35.5. The number of aromatic nitrogens is 1. The summed E-state index contributed by atoms with van der Waals surface area (Å²) in [6.45, 7) is 9.28. The predicted molar refractivity (Wildman–Crippen MR) is 157 cm³/mol. The Hall–Kier alpha value is -3.38. The number of halogens is 2. The molecule has 5 rings (SSSR count). The van der Waals surface area contributed by atoms with Crippen molar-refractivity contribution < 1.29 is 4.74 Å². The van der Waals surface area contributed by atoms with Crippen molar-refractivity contribution in [2.45, 2.75) is 52.1 Å². The molecular weight excluding hydrogens is 533 g/mol. The topological polar surface area (TPSA) is 97.3 Å². The van der Waals surface area contributed by atoms with E-state index < -0.39 is 6.04 Å². The fraction of sp³-hybridized carbons (Fsp3) is 0.379. The number of benzene rings is 2. The van der Waals surface area contributed by atoms with Gasteiger partial charge >= 0.3 is 0 Å². The zero-order chi connectivity index (χ0) is 27.9. The van der Waals surface area contributed by atoms with E-state index in [1.165, 1.54) is 0 Å². The molecule has 0 bridgehead atoms. The molecular formula is C29H33Cl2N7O. The van der Waals surface area contributed by atoms with Crippen LogP contribution in [0.1, 0.15) is 57.7 Å². The van der Waals surface area contributed by atoms with Crippen LogP contribution in [-0.2, 0) is 4.74 Å². The van der Waals surface area contributed by atoms with E-state index in [2.05, 4.69) is 60.3 Å². The number of fused-ring (bicyclic) bond motifs is 1. The molecule has 0 spiro atoms. The van der Waals surface area contributed by atoms with Crippen LogP contribution in [0.25, 0.3) is 10.9 Å². The quantitative estimate of drug-likeness (QED) is 0.239. The zero-order valence-corrected chi connectivity index (χ0v) is 24.3. The maximum absolute atomic E-state index is 9.83. The third-order valence-corrected chi connectivity index (χ3v) is 7.73. The van der Waals surface area contributed by atoms with Gasteiger partial charge in [-0.2, -0.15) is 5.26 Å². The van der Waals surface area contributed by atoms with Crippen LogP contribution in [0.4, 0.5) is 11.4 Å². The second-order valence-electron chi connectivity index (χ2n) is 11.5. The minimum Gasteiger partial charge on any atom is -0.480 e. The Morgan fingerprint density at radius 1 is 1.21 bits per heavy atom. The van der Waals surface area contributed by atoms with Crippen LogP contribution in [0.2, 0.25) is 10.0 Å². The molecule has 1 atom stereocenters. The minimum absolute atomic E-state index is 0.00533. The number of pyridine rings is 1. The maximum Gasteiger partial charge on any atom is 0.229 e. The lowest BCUT2D eigenvalue weighted by Gasteiger charge is -2.27. The average Bonchev–Trinajstić information content (AvgIpc) is 3.49. The zero-order valence-electron chi connectivity index (χ0n) is 22.7. The first-order chi connectivity index (χ1) is 18.5. The van der Waals surface area contributed by atoms with Crippen LogP contribution in [0.15, 0.2) is 54.2 Å². The van der Waals surface area contributed by atoms with Gasteiger partial charge < -0.3 is 20.8 Å². The van der Waals surface area contributed by atoms with Gasteiger partial charge in [-0.3, -0.25) is 9.99 Å². The van der Waals surface area contributed by atoms with E-state index in [1.54, 1.807) is 13.3 Å². The van der Waals surface area contributed by atoms with Crippen molar-refractivity contribution in [3.63, 3.8) is 0 Å². The maximum atomic E-state index is 9.83. The smallest absolute Gasteiger partial charge is 0.229 e. The van der Waals surface area contributed by atoms with Crippen LogP contribution < -0.4 is 21.6 Å². The molecule has 1 aliphatic carbocycles. The van der Waals surface area contributed by atoms with Gasteiger partial charge in [0.2, 0.25) is 5.88 Å². The predicted octanol–water partition coefficient (Wildman–Crippen LogP) is 6.72. The highest BCUT2D eigenvalue weighted by molar-refractivity contribution is 6.36. The molecule has 0 amide bonds. The molecule has 2 aliphatic rings. The van der Waals surface area contributed by atoms with Crippen molar-refractivity contribution in [2.75, 3.05) is 24.3 Å². The van der Waals surface area contributed by atoms with Gasteiger partial charge in [0, 0.05) is 28.8 Å². The second kappa shape index (κ2) is 10.3. The van der Waals surface area contributed by atoms with Crippen molar-refractivity contribution >= 4 is 45.5 Å². The summed E-state index contributed by atoms with van der Waals surface area (Å²) in [5, 5.41) is 20.8. The highest BCUT2D eigenvalue weighted by Gasteiger charge is 2.49. The Balaban J connectivity index is 1.62. The SMILES string of the molecule is COC1=C([C@@H](Nc2cc(Cl)c3ncc(C#N)c(NCC(C)(C)C)c3c2)c2ccccc2Cl)NNN1C1(C)CC1. The number of nitrogens with one attached hydrogen (secondary N) is 4. The number of hydrazine groups is 2. The third-order valence-electron chi connectivity index (χ3n) is 7.10. The van der Waals surface area contributed by atoms with E-state index in [1.807, 2.05) is 41.4 Å². The molecule has 0 saturated heterocycles. The first-order valence-corrected chi connectivity index (χ1v) is 13.7. The van der Waals surface area contributed by atoms with Gasteiger partial charge in [-0.25, -0.2) is 0 Å². The van der Waals surface area contributed by atoms with Gasteiger partial charge in [-0.05, 0) is 48.9 Å². The summed E-state index contributed by atoms with van der Waals surface area (Å²) in [4.78, 5) is 4.49. The van der Waals surface area contributed by atoms with Gasteiger partial charge in [0.15, 0.2) is 0 Å². The average molecular weight is 567 g/mol. The molecule has 1 aliphatic heterocycles. The summed E-state index contributed by atoms with van der Waals surface area (Å²) in [7, 11) is 1.67. The van der Waals surface area contributed by atoms with Crippen molar-refractivity contribution in [3.8, 4) is 6.07 Å². The highest BCUT2D eigenvalue weighted by Crippen LogP contribution is 2.45. The molecule has 10 heteroatoms. The molecule has 4 N–H and O–H groups in total. The Kier molecular flexibility index (Phi) is 7.19. The summed E-state index contributed by atoms with van der Waals surface area (Å²) < 4.78 is 5.91. The molecule has 0 radical (unpaired) electrons. The van der Waals surface area contributed by atoms with Crippen LogP contribution in [0.5, 0.6) is 0 Å². The second-order valence-corrected chi connectivity index (χ2v) is 12.3. The molecule has 0 unspecified atom stereocenters. The number of nitrogens with zero attached hydrogens (tertiary/aromatic N) is 3. The molecule has 2 aromatic carbocycles. The van der Waals surface area contributed by atoms with E-state index in [0.29, 0.717) is 39.2 Å². The van der Waals surface area contributed by atoms with Crippen LogP contribution in [0.3, 0.4) is 0 Å². The Bertz CT molecular complexity index is 1490. The molecule has 2 heterocycles. The first-order valence-electron chi connectivity index (χ1n) is 12.9. The first kappa shape index (κ1) is 27.2.